The van der Waals surface area contributed by atoms with E-state index in [4.69, 9.17) is 15.0 Å². The van der Waals surface area contributed by atoms with Gasteiger partial charge in [0.2, 0.25) is 5.91 Å². The number of aromatic nitrogens is 4. The number of carbonyl (C=O) groups is 1. The van der Waals surface area contributed by atoms with Crippen molar-refractivity contribution in [2.75, 3.05) is 43.0 Å². The lowest BCUT2D eigenvalue weighted by Crippen LogP contribution is -2.44. The van der Waals surface area contributed by atoms with Crippen LogP contribution in [0.25, 0.3) is 28.0 Å². The number of rotatable bonds is 7. The number of thiazole rings is 1. The molecule has 6 heterocycles. The molecule has 0 aliphatic carbocycles. The van der Waals surface area contributed by atoms with Crippen LogP contribution in [-0.4, -0.2) is 63.4 Å². The maximum Gasteiger partial charge on any atom is 0.225 e. The molecule has 0 radical (unpaired) electrons. The zero-order chi connectivity index (χ0) is 32.5. The first kappa shape index (κ1) is 33.4. The predicted octanol–water partition coefficient (Wildman–Crippen LogP) is 7.51. The molecule has 5 aromatic rings. The Morgan fingerprint density at radius 1 is 0.979 bits per heavy atom. The molecule has 2 saturated heterocycles. The number of aryl methyl sites for hydroxylation is 1. The normalized spacial score (nSPS) is 15.3. The van der Waals surface area contributed by atoms with E-state index < -0.39 is 0 Å². The van der Waals surface area contributed by atoms with Crippen LogP contribution in [0.5, 0.6) is 0 Å². The summed E-state index contributed by atoms with van der Waals surface area (Å²) in [7, 11) is 1.93. The number of hydrogen-bond acceptors (Lipinski definition) is 8. The largest absolute Gasteiger partial charge is 0.357 e. The van der Waals surface area contributed by atoms with E-state index in [1.54, 1.807) is 12.1 Å². The smallest absolute Gasteiger partial charge is 0.225 e. The standard InChI is InChI=1S/C36H37FN8OS.ClH/c1-3-29-34(42(2)36-41-33(30(21-38)47-36)24-7-11-28(37)12-8-24)45-23-27(10-14-32(45)40-29)26-9-13-31(39-22-26)43-19-15-25(16-20-43)35(46)44-17-5-4-6-18-44;/h7-14,22-23,25H,3-6,15-20H2,1-2H3;1H. The molecular formula is C36H38ClFN8OS. The van der Waals surface area contributed by atoms with Gasteiger partial charge in [-0.1, -0.05) is 18.3 Å². The molecule has 9 nitrogen and oxygen atoms in total. The highest BCUT2D eigenvalue weighted by Gasteiger charge is 2.30. The second-order valence-electron chi connectivity index (χ2n) is 12.3. The molecule has 2 aliphatic heterocycles. The fourth-order valence-corrected chi connectivity index (χ4v) is 7.59. The van der Waals surface area contributed by atoms with Crippen molar-refractivity contribution in [2.45, 2.75) is 45.4 Å². The number of halogens is 2. The van der Waals surface area contributed by atoms with E-state index >= 15 is 0 Å². The Bertz CT molecular complexity index is 1940. The number of benzene rings is 1. The quantitative estimate of drug-likeness (QED) is 0.175. The monoisotopic (exact) mass is 684 g/mol. The minimum Gasteiger partial charge on any atom is -0.357 e. The molecular weight excluding hydrogens is 647 g/mol. The number of imidazole rings is 1. The number of nitriles is 1. The summed E-state index contributed by atoms with van der Waals surface area (Å²) >= 11 is 1.30. The molecule has 7 rings (SSSR count). The van der Waals surface area contributed by atoms with Gasteiger partial charge in [-0.25, -0.2) is 19.3 Å². The van der Waals surface area contributed by atoms with E-state index in [0.29, 0.717) is 33.6 Å². The summed E-state index contributed by atoms with van der Waals surface area (Å²) in [5, 5.41) is 10.5. The van der Waals surface area contributed by atoms with Crippen molar-refractivity contribution in [3.63, 3.8) is 0 Å². The second-order valence-corrected chi connectivity index (χ2v) is 13.3. The molecule has 1 aromatic carbocycles. The van der Waals surface area contributed by atoms with Crippen molar-refractivity contribution in [3.05, 3.63) is 77.3 Å². The molecule has 48 heavy (non-hydrogen) atoms. The molecule has 0 bridgehead atoms. The highest BCUT2D eigenvalue weighted by Crippen LogP contribution is 2.37. The molecule has 0 unspecified atom stereocenters. The molecule has 1 amide bonds. The van der Waals surface area contributed by atoms with Gasteiger partial charge in [0.25, 0.3) is 0 Å². The highest BCUT2D eigenvalue weighted by atomic mass is 35.5. The third-order valence-corrected chi connectivity index (χ3v) is 10.4. The average molecular weight is 685 g/mol. The number of piperidine rings is 2. The number of pyridine rings is 2. The molecule has 0 atom stereocenters. The Labute approximate surface area is 290 Å². The maximum absolute atomic E-state index is 13.6. The van der Waals surface area contributed by atoms with E-state index in [9.17, 15) is 14.4 Å². The molecule has 2 aliphatic rings. The third kappa shape index (κ3) is 6.47. The van der Waals surface area contributed by atoms with E-state index in [0.717, 1.165) is 86.0 Å². The summed E-state index contributed by atoms with van der Waals surface area (Å²) in [6, 6.07) is 16.5. The lowest BCUT2D eigenvalue weighted by Gasteiger charge is -2.36. The lowest BCUT2D eigenvalue weighted by molar-refractivity contribution is -0.137. The van der Waals surface area contributed by atoms with Crippen LogP contribution < -0.4 is 9.80 Å². The van der Waals surface area contributed by atoms with Gasteiger partial charge in [-0.05, 0) is 87.1 Å². The number of likely N-dealkylation sites (tertiary alicyclic amines) is 1. The second kappa shape index (κ2) is 14.3. The van der Waals surface area contributed by atoms with Crippen molar-refractivity contribution < 1.29 is 9.18 Å². The van der Waals surface area contributed by atoms with Crippen molar-refractivity contribution in [1.82, 2.24) is 24.3 Å². The number of nitrogens with zero attached hydrogens (tertiary/aromatic N) is 8. The van der Waals surface area contributed by atoms with Gasteiger partial charge < -0.3 is 14.7 Å². The van der Waals surface area contributed by atoms with Crippen molar-refractivity contribution >= 4 is 52.1 Å². The molecule has 12 heteroatoms. The zero-order valence-corrected chi connectivity index (χ0v) is 28.7. The Morgan fingerprint density at radius 3 is 2.35 bits per heavy atom. The van der Waals surface area contributed by atoms with Gasteiger partial charge in [-0.15, -0.1) is 12.4 Å². The Balaban J connectivity index is 0.00000401. The van der Waals surface area contributed by atoms with Crippen molar-refractivity contribution in [1.29, 1.82) is 5.26 Å². The van der Waals surface area contributed by atoms with Gasteiger partial charge in [-0.3, -0.25) is 9.20 Å². The zero-order valence-electron chi connectivity index (χ0n) is 27.1. The predicted molar refractivity (Wildman–Crippen MR) is 191 cm³/mol. The van der Waals surface area contributed by atoms with Crippen LogP contribution in [0, 0.1) is 23.1 Å². The summed E-state index contributed by atoms with van der Waals surface area (Å²) in [5.41, 5.74) is 4.95. The lowest BCUT2D eigenvalue weighted by atomic mass is 9.94. The van der Waals surface area contributed by atoms with Gasteiger partial charge in [-0.2, -0.15) is 5.26 Å². The fourth-order valence-electron chi connectivity index (χ4n) is 6.74. The van der Waals surface area contributed by atoms with Gasteiger partial charge in [0.1, 0.15) is 39.7 Å². The van der Waals surface area contributed by atoms with Crippen LogP contribution in [-0.2, 0) is 11.2 Å². The summed E-state index contributed by atoms with van der Waals surface area (Å²) in [6.07, 6.45) is 9.92. The van der Waals surface area contributed by atoms with E-state index in [1.807, 2.05) is 24.2 Å². The molecule has 0 spiro atoms. The third-order valence-electron chi connectivity index (χ3n) is 9.35. The first-order chi connectivity index (χ1) is 22.9. The van der Waals surface area contributed by atoms with Crippen LogP contribution >= 0.6 is 23.7 Å². The molecule has 248 valence electrons. The first-order valence-corrected chi connectivity index (χ1v) is 17.2. The van der Waals surface area contributed by atoms with Crippen LogP contribution in [0.2, 0.25) is 0 Å². The number of amides is 1. The molecule has 0 saturated carbocycles. The van der Waals surface area contributed by atoms with Crippen LogP contribution in [0.15, 0.2) is 60.9 Å². The number of fused-ring (bicyclic) bond motifs is 1. The summed E-state index contributed by atoms with van der Waals surface area (Å²) < 4.78 is 15.6. The van der Waals surface area contributed by atoms with Crippen LogP contribution in [0.1, 0.15) is 49.6 Å². The summed E-state index contributed by atoms with van der Waals surface area (Å²) in [4.78, 5) is 34.4. The van der Waals surface area contributed by atoms with Gasteiger partial charge in [0.05, 0.1) is 5.69 Å². The SMILES string of the molecule is CCc1nc2ccc(-c3ccc(N4CCC(C(=O)N5CCCCC5)CC4)nc3)cn2c1N(C)c1nc(-c2ccc(F)cc2)c(C#N)s1.Cl. The van der Waals surface area contributed by atoms with Crippen molar-refractivity contribution in [3.8, 4) is 28.5 Å². The van der Waals surface area contributed by atoms with E-state index in [-0.39, 0.29) is 24.1 Å². The summed E-state index contributed by atoms with van der Waals surface area (Å²) in [6.45, 7) is 5.56. The summed E-state index contributed by atoms with van der Waals surface area (Å²) in [5.74, 6) is 1.94. The first-order valence-electron chi connectivity index (χ1n) is 16.3. The van der Waals surface area contributed by atoms with E-state index in [1.165, 1.54) is 29.9 Å². The topological polar surface area (TPSA) is 93.7 Å². The Morgan fingerprint density at radius 2 is 1.69 bits per heavy atom. The maximum atomic E-state index is 13.6. The molecule has 0 N–H and O–H groups in total. The van der Waals surface area contributed by atoms with E-state index in [2.05, 4.69) is 51.6 Å². The van der Waals surface area contributed by atoms with Crippen molar-refractivity contribution in [2.24, 2.45) is 5.92 Å². The number of carbonyl (C=O) groups excluding carboxylic acids is 1. The average Bonchev–Trinajstić information content (AvgIpc) is 3.73. The van der Waals surface area contributed by atoms with Gasteiger partial charge >= 0.3 is 0 Å². The van der Waals surface area contributed by atoms with Crippen LogP contribution in [0.3, 0.4) is 0 Å². The minimum absolute atomic E-state index is 0. The number of anilines is 3. The Kier molecular flexibility index (Phi) is 9.94. The minimum atomic E-state index is -0.334. The molecule has 2 fully saturated rings. The van der Waals surface area contributed by atoms with Gasteiger partial charge in [0, 0.05) is 68.2 Å². The fraction of sp³-hybridized carbons (Fsp3) is 0.361. The van der Waals surface area contributed by atoms with Gasteiger partial charge in [0.15, 0.2) is 5.13 Å². The number of hydrogen-bond donors (Lipinski definition) is 0. The Hall–Kier alpha value is -4.53. The highest BCUT2D eigenvalue weighted by molar-refractivity contribution is 7.16. The molecule has 4 aromatic heterocycles. The van der Waals surface area contributed by atoms with Crippen LogP contribution in [0.4, 0.5) is 21.2 Å².